The first-order chi connectivity index (χ1) is 9.58. The van der Waals surface area contributed by atoms with Crippen molar-refractivity contribution in [3.05, 3.63) is 29.3 Å². The molecule has 2 aromatic rings. The minimum absolute atomic E-state index is 0.0194. The molecule has 5 nitrogen and oxygen atoms in total. The number of hydrogen-bond donors (Lipinski definition) is 2. The summed E-state index contributed by atoms with van der Waals surface area (Å²) in [6, 6.07) is 6.20. The molecule has 0 saturated carbocycles. The molecule has 7 heteroatoms. The lowest BCUT2D eigenvalue weighted by atomic mass is 10.1. The van der Waals surface area contributed by atoms with E-state index in [1.54, 1.807) is 7.05 Å². The van der Waals surface area contributed by atoms with Crippen LogP contribution >= 0.6 is 23.1 Å². The molecule has 20 heavy (non-hydrogen) atoms. The van der Waals surface area contributed by atoms with Gasteiger partial charge in [-0.15, -0.1) is 10.2 Å². The molecule has 0 radical (unpaired) electrons. The van der Waals surface area contributed by atoms with Crippen molar-refractivity contribution in [1.82, 2.24) is 15.5 Å². The van der Waals surface area contributed by atoms with Crippen molar-refractivity contribution in [2.24, 2.45) is 0 Å². The number of thioether (sulfide) groups is 1. The van der Waals surface area contributed by atoms with Crippen LogP contribution in [0, 0.1) is 13.8 Å². The molecule has 0 aliphatic rings. The van der Waals surface area contributed by atoms with Crippen molar-refractivity contribution in [1.29, 1.82) is 0 Å². The maximum atomic E-state index is 11.2. The lowest BCUT2D eigenvalue weighted by Crippen LogP contribution is -2.19. The van der Waals surface area contributed by atoms with Gasteiger partial charge in [0.1, 0.15) is 0 Å². The Morgan fingerprint density at radius 2 is 2.15 bits per heavy atom. The molecule has 1 heterocycles. The molecule has 0 fully saturated rings. The van der Waals surface area contributed by atoms with Crippen LogP contribution in [0.1, 0.15) is 11.1 Å². The summed E-state index contributed by atoms with van der Waals surface area (Å²) in [5.74, 6) is 0.336. The van der Waals surface area contributed by atoms with Gasteiger partial charge in [0, 0.05) is 12.7 Å². The van der Waals surface area contributed by atoms with E-state index in [4.69, 9.17) is 0 Å². The largest absolute Gasteiger partial charge is 0.358 e. The van der Waals surface area contributed by atoms with Gasteiger partial charge in [0.2, 0.25) is 11.0 Å². The number of rotatable bonds is 5. The van der Waals surface area contributed by atoms with E-state index < -0.39 is 0 Å². The highest BCUT2D eigenvalue weighted by atomic mass is 32.2. The summed E-state index contributed by atoms with van der Waals surface area (Å²) in [4.78, 5) is 11.2. The zero-order valence-corrected chi connectivity index (χ0v) is 13.2. The average Bonchev–Trinajstić information content (AvgIpc) is 2.87. The van der Waals surface area contributed by atoms with Crippen LogP contribution in [-0.4, -0.2) is 28.9 Å². The SMILES string of the molecule is CNC(=O)CSc1nnc(Nc2ccc(C)cc2C)s1. The minimum atomic E-state index is -0.0194. The van der Waals surface area contributed by atoms with Crippen molar-refractivity contribution >= 4 is 39.8 Å². The predicted molar refractivity (Wildman–Crippen MR) is 83.9 cm³/mol. The van der Waals surface area contributed by atoms with Crippen molar-refractivity contribution < 1.29 is 4.79 Å². The van der Waals surface area contributed by atoms with E-state index in [1.807, 2.05) is 6.07 Å². The Morgan fingerprint density at radius 1 is 1.35 bits per heavy atom. The molecule has 1 amide bonds. The number of aryl methyl sites for hydroxylation is 2. The van der Waals surface area contributed by atoms with Crippen LogP contribution in [-0.2, 0) is 4.79 Å². The number of hydrogen-bond acceptors (Lipinski definition) is 6. The zero-order chi connectivity index (χ0) is 14.5. The standard InChI is InChI=1S/C13H16N4OS2/c1-8-4-5-10(9(2)6-8)15-12-16-17-13(20-12)19-7-11(18)14-3/h4-6H,7H2,1-3H3,(H,14,18)(H,15,16). The number of benzene rings is 1. The molecule has 0 unspecified atom stereocenters. The third kappa shape index (κ3) is 3.94. The molecule has 1 aromatic carbocycles. The molecule has 0 aliphatic heterocycles. The molecule has 0 aliphatic carbocycles. The Bertz CT molecular complexity index is 612. The van der Waals surface area contributed by atoms with E-state index in [9.17, 15) is 4.79 Å². The van der Waals surface area contributed by atoms with Crippen LogP contribution in [0.5, 0.6) is 0 Å². The molecule has 106 valence electrons. The Labute approximate surface area is 126 Å². The highest BCUT2D eigenvalue weighted by Crippen LogP contribution is 2.28. The number of nitrogens with one attached hydrogen (secondary N) is 2. The van der Waals surface area contributed by atoms with Gasteiger partial charge in [0.15, 0.2) is 4.34 Å². The zero-order valence-electron chi connectivity index (χ0n) is 11.6. The molecule has 2 rings (SSSR count). The fourth-order valence-corrected chi connectivity index (χ4v) is 3.22. The van der Waals surface area contributed by atoms with Gasteiger partial charge in [-0.3, -0.25) is 4.79 Å². The van der Waals surface area contributed by atoms with E-state index in [0.717, 1.165) is 15.2 Å². The Morgan fingerprint density at radius 3 is 2.85 bits per heavy atom. The first-order valence-corrected chi connectivity index (χ1v) is 7.90. The highest BCUT2D eigenvalue weighted by molar-refractivity contribution is 8.01. The summed E-state index contributed by atoms with van der Waals surface area (Å²) in [6.07, 6.45) is 0. The van der Waals surface area contributed by atoms with Gasteiger partial charge in [-0.1, -0.05) is 40.8 Å². The highest BCUT2D eigenvalue weighted by Gasteiger charge is 2.08. The van der Waals surface area contributed by atoms with Crippen LogP contribution in [0.3, 0.4) is 0 Å². The number of aromatic nitrogens is 2. The molecular formula is C13H16N4OS2. The van der Waals surface area contributed by atoms with Crippen molar-refractivity contribution in [2.75, 3.05) is 18.1 Å². The molecular weight excluding hydrogens is 292 g/mol. The fourth-order valence-electron chi connectivity index (χ4n) is 1.59. The number of amides is 1. The smallest absolute Gasteiger partial charge is 0.230 e. The van der Waals surface area contributed by atoms with Gasteiger partial charge in [0.25, 0.3) is 0 Å². The van der Waals surface area contributed by atoms with E-state index in [2.05, 4.69) is 46.8 Å². The van der Waals surface area contributed by atoms with Crippen LogP contribution in [0.15, 0.2) is 22.5 Å². The topological polar surface area (TPSA) is 66.9 Å². The Kier molecular flexibility index (Phi) is 4.97. The van der Waals surface area contributed by atoms with E-state index in [-0.39, 0.29) is 5.91 Å². The fraction of sp³-hybridized carbons (Fsp3) is 0.308. The maximum Gasteiger partial charge on any atom is 0.230 e. The Balaban J connectivity index is 2.00. The second-order valence-electron chi connectivity index (χ2n) is 4.28. The van der Waals surface area contributed by atoms with Crippen molar-refractivity contribution in [2.45, 2.75) is 18.2 Å². The second kappa shape index (κ2) is 6.71. The quantitative estimate of drug-likeness (QED) is 0.831. The number of carbonyl (C=O) groups is 1. The maximum absolute atomic E-state index is 11.2. The van der Waals surface area contributed by atoms with Gasteiger partial charge in [-0.05, 0) is 25.5 Å². The normalized spacial score (nSPS) is 10.3. The lowest BCUT2D eigenvalue weighted by Gasteiger charge is -2.06. The number of anilines is 2. The van der Waals surface area contributed by atoms with Crippen molar-refractivity contribution in [3.63, 3.8) is 0 Å². The number of carbonyl (C=O) groups excluding carboxylic acids is 1. The predicted octanol–water partition coefficient (Wildman–Crippen LogP) is 2.74. The summed E-state index contributed by atoms with van der Waals surface area (Å²) in [7, 11) is 1.62. The average molecular weight is 308 g/mol. The van der Waals surface area contributed by atoms with Gasteiger partial charge in [0.05, 0.1) is 5.75 Å². The van der Waals surface area contributed by atoms with Crippen LogP contribution in [0.4, 0.5) is 10.8 Å². The lowest BCUT2D eigenvalue weighted by molar-refractivity contribution is -0.118. The summed E-state index contributed by atoms with van der Waals surface area (Å²) < 4.78 is 0.779. The van der Waals surface area contributed by atoms with Crippen LogP contribution in [0.2, 0.25) is 0 Å². The minimum Gasteiger partial charge on any atom is -0.358 e. The van der Waals surface area contributed by atoms with Gasteiger partial charge in [-0.2, -0.15) is 0 Å². The summed E-state index contributed by atoms with van der Waals surface area (Å²) >= 11 is 2.83. The molecule has 0 atom stereocenters. The van der Waals surface area contributed by atoms with E-state index in [1.165, 1.54) is 34.2 Å². The van der Waals surface area contributed by atoms with Gasteiger partial charge >= 0.3 is 0 Å². The molecule has 1 aromatic heterocycles. The van der Waals surface area contributed by atoms with E-state index >= 15 is 0 Å². The third-order valence-electron chi connectivity index (χ3n) is 2.64. The first kappa shape index (κ1) is 14.8. The van der Waals surface area contributed by atoms with Gasteiger partial charge < -0.3 is 10.6 Å². The van der Waals surface area contributed by atoms with Gasteiger partial charge in [-0.25, -0.2) is 0 Å². The Hall–Kier alpha value is -1.60. The molecule has 0 saturated heterocycles. The summed E-state index contributed by atoms with van der Waals surface area (Å²) in [5, 5.41) is 14.7. The molecule has 0 bridgehead atoms. The van der Waals surface area contributed by atoms with Crippen molar-refractivity contribution in [3.8, 4) is 0 Å². The summed E-state index contributed by atoms with van der Waals surface area (Å²) in [5.41, 5.74) is 3.42. The third-order valence-corrected chi connectivity index (χ3v) is 4.61. The van der Waals surface area contributed by atoms with Crippen LogP contribution in [0.25, 0.3) is 0 Å². The first-order valence-electron chi connectivity index (χ1n) is 6.09. The second-order valence-corrected chi connectivity index (χ2v) is 6.48. The summed E-state index contributed by atoms with van der Waals surface area (Å²) in [6.45, 7) is 4.12. The monoisotopic (exact) mass is 308 g/mol. The van der Waals surface area contributed by atoms with E-state index in [0.29, 0.717) is 5.75 Å². The number of nitrogens with zero attached hydrogens (tertiary/aromatic N) is 2. The molecule has 2 N–H and O–H groups in total. The van der Waals surface area contributed by atoms with Crippen LogP contribution < -0.4 is 10.6 Å². The molecule has 0 spiro atoms.